The van der Waals surface area contributed by atoms with E-state index in [1.54, 1.807) is 18.2 Å². The van der Waals surface area contributed by atoms with Crippen molar-refractivity contribution >= 4 is 21.7 Å². The lowest BCUT2D eigenvalue weighted by atomic mass is 10.0. The summed E-state index contributed by atoms with van der Waals surface area (Å²) in [7, 11) is 0. The van der Waals surface area contributed by atoms with Gasteiger partial charge in [0.2, 0.25) is 0 Å². The highest BCUT2D eigenvalue weighted by molar-refractivity contribution is 9.10. The number of rotatable bonds is 3. The summed E-state index contributed by atoms with van der Waals surface area (Å²) in [5, 5.41) is 0. The number of ketones is 1. The summed E-state index contributed by atoms with van der Waals surface area (Å²) in [6, 6.07) is 13.1. The van der Waals surface area contributed by atoms with Crippen LogP contribution in [0, 0.1) is 0 Å². The maximum absolute atomic E-state index is 12.3. The molecular weight excluding hydrogens is 320 g/mol. The minimum atomic E-state index is 0.0638. The van der Waals surface area contributed by atoms with Crippen LogP contribution < -0.4 is 9.47 Å². The first-order valence-corrected chi connectivity index (χ1v) is 7.19. The molecule has 0 aromatic heterocycles. The van der Waals surface area contributed by atoms with Gasteiger partial charge in [0, 0.05) is 16.5 Å². The molecule has 20 heavy (non-hydrogen) atoms. The fourth-order valence-corrected chi connectivity index (χ4v) is 2.56. The summed E-state index contributed by atoms with van der Waals surface area (Å²) < 4.78 is 11.9. The second-order valence-corrected chi connectivity index (χ2v) is 5.40. The van der Waals surface area contributed by atoms with Gasteiger partial charge < -0.3 is 9.47 Å². The third kappa shape index (κ3) is 2.70. The molecule has 3 nitrogen and oxygen atoms in total. The molecule has 0 aliphatic carbocycles. The van der Waals surface area contributed by atoms with Gasteiger partial charge in [-0.3, -0.25) is 4.79 Å². The van der Waals surface area contributed by atoms with E-state index >= 15 is 0 Å². The monoisotopic (exact) mass is 332 g/mol. The van der Waals surface area contributed by atoms with Gasteiger partial charge in [0.1, 0.15) is 13.2 Å². The molecule has 102 valence electrons. The summed E-state index contributed by atoms with van der Waals surface area (Å²) in [5.41, 5.74) is 1.62. The molecule has 4 heteroatoms. The van der Waals surface area contributed by atoms with Crippen molar-refractivity contribution in [1.29, 1.82) is 0 Å². The normalized spacial score (nSPS) is 13.1. The summed E-state index contributed by atoms with van der Waals surface area (Å²) >= 11 is 3.46. The van der Waals surface area contributed by atoms with Crippen molar-refractivity contribution in [1.82, 2.24) is 0 Å². The number of fused-ring (bicyclic) bond motifs is 1. The van der Waals surface area contributed by atoms with E-state index in [0.717, 1.165) is 10.0 Å². The topological polar surface area (TPSA) is 35.5 Å². The van der Waals surface area contributed by atoms with Gasteiger partial charge in [0.25, 0.3) is 0 Å². The van der Waals surface area contributed by atoms with Crippen LogP contribution in [0.4, 0.5) is 0 Å². The Balaban J connectivity index is 1.82. The van der Waals surface area contributed by atoms with Gasteiger partial charge in [-0.25, -0.2) is 0 Å². The maximum atomic E-state index is 12.3. The average molecular weight is 333 g/mol. The van der Waals surface area contributed by atoms with E-state index < -0.39 is 0 Å². The SMILES string of the molecule is O=C(Cc1ccccc1Br)c1ccc2c(c1)OCCO2. The van der Waals surface area contributed by atoms with Crippen LogP contribution in [-0.2, 0) is 6.42 Å². The largest absolute Gasteiger partial charge is 0.486 e. The zero-order valence-corrected chi connectivity index (χ0v) is 12.4. The molecule has 0 saturated carbocycles. The van der Waals surface area contributed by atoms with Crippen molar-refractivity contribution in [3.05, 3.63) is 58.1 Å². The van der Waals surface area contributed by atoms with Crippen LogP contribution >= 0.6 is 15.9 Å². The third-order valence-corrected chi connectivity index (χ3v) is 3.95. The molecule has 2 aromatic carbocycles. The molecule has 3 rings (SSSR count). The van der Waals surface area contributed by atoms with Crippen LogP contribution in [0.5, 0.6) is 11.5 Å². The van der Waals surface area contributed by atoms with Crippen LogP contribution in [0.15, 0.2) is 46.9 Å². The van der Waals surface area contributed by atoms with Crippen molar-refractivity contribution < 1.29 is 14.3 Å². The quantitative estimate of drug-likeness (QED) is 0.805. The lowest BCUT2D eigenvalue weighted by Gasteiger charge is -2.18. The third-order valence-electron chi connectivity index (χ3n) is 3.17. The Kier molecular flexibility index (Phi) is 3.74. The van der Waals surface area contributed by atoms with Crippen molar-refractivity contribution in [2.75, 3.05) is 13.2 Å². The molecule has 0 saturated heterocycles. The Morgan fingerprint density at radius 2 is 1.80 bits per heavy atom. The zero-order chi connectivity index (χ0) is 13.9. The number of benzene rings is 2. The van der Waals surface area contributed by atoms with Gasteiger partial charge in [-0.05, 0) is 29.8 Å². The second-order valence-electron chi connectivity index (χ2n) is 4.55. The van der Waals surface area contributed by atoms with Crippen LogP contribution in [-0.4, -0.2) is 19.0 Å². The van der Waals surface area contributed by atoms with Crippen molar-refractivity contribution in [3.63, 3.8) is 0 Å². The number of hydrogen-bond donors (Lipinski definition) is 0. The number of carbonyl (C=O) groups is 1. The molecular formula is C16H13BrO3. The molecule has 0 fully saturated rings. The van der Waals surface area contributed by atoms with Gasteiger partial charge in [-0.1, -0.05) is 34.1 Å². The number of halogens is 1. The molecule has 0 atom stereocenters. The molecule has 2 aromatic rings. The van der Waals surface area contributed by atoms with Gasteiger partial charge in [0.15, 0.2) is 17.3 Å². The lowest BCUT2D eigenvalue weighted by Crippen LogP contribution is -2.16. The Hall–Kier alpha value is -1.81. The van der Waals surface area contributed by atoms with Crippen LogP contribution in [0.2, 0.25) is 0 Å². The van der Waals surface area contributed by atoms with Gasteiger partial charge in [-0.15, -0.1) is 0 Å². The number of carbonyl (C=O) groups excluding carboxylic acids is 1. The summed E-state index contributed by atoms with van der Waals surface area (Å²) in [6.45, 7) is 1.08. The average Bonchev–Trinajstić information content (AvgIpc) is 2.49. The van der Waals surface area contributed by atoms with Gasteiger partial charge in [0.05, 0.1) is 0 Å². The van der Waals surface area contributed by atoms with Crippen LogP contribution in [0.1, 0.15) is 15.9 Å². The molecule has 0 spiro atoms. The summed E-state index contributed by atoms with van der Waals surface area (Å²) in [4.78, 5) is 12.3. The van der Waals surface area contributed by atoms with E-state index in [4.69, 9.17) is 9.47 Å². The molecule has 1 aliphatic heterocycles. The maximum Gasteiger partial charge on any atom is 0.167 e. The fourth-order valence-electron chi connectivity index (χ4n) is 2.13. The van der Waals surface area contributed by atoms with Crippen molar-refractivity contribution in [3.8, 4) is 11.5 Å². The predicted molar refractivity (Wildman–Crippen MR) is 79.6 cm³/mol. The first-order chi connectivity index (χ1) is 9.74. The molecule has 0 unspecified atom stereocenters. The Bertz CT molecular complexity index is 652. The van der Waals surface area contributed by atoms with E-state index in [1.807, 2.05) is 24.3 Å². The van der Waals surface area contributed by atoms with Gasteiger partial charge >= 0.3 is 0 Å². The summed E-state index contributed by atoms with van der Waals surface area (Å²) in [6.07, 6.45) is 0.362. The standard InChI is InChI=1S/C16H13BrO3/c17-13-4-2-1-3-11(13)9-14(18)12-5-6-15-16(10-12)20-8-7-19-15/h1-6,10H,7-9H2. The highest BCUT2D eigenvalue weighted by Crippen LogP contribution is 2.31. The van der Waals surface area contributed by atoms with Crippen LogP contribution in [0.25, 0.3) is 0 Å². The Labute approximate surface area is 125 Å². The Morgan fingerprint density at radius 1 is 1.05 bits per heavy atom. The molecule has 1 aliphatic rings. The molecule has 0 radical (unpaired) electrons. The zero-order valence-electron chi connectivity index (χ0n) is 10.8. The lowest BCUT2D eigenvalue weighted by molar-refractivity contribution is 0.0991. The van der Waals surface area contributed by atoms with Crippen molar-refractivity contribution in [2.24, 2.45) is 0 Å². The first-order valence-electron chi connectivity index (χ1n) is 6.40. The van der Waals surface area contributed by atoms with E-state index in [9.17, 15) is 4.79 Å². The van der Waals surface area contributed by atoms with Gasteiger partial charge in [-0.2, -0.15) is 0 Å². The molecule has 0 bridgehead atoms. The minimum absolute atomic E-state index is 0.0638. The van der Waals surface area contributed by atoms with Crippen molar-refractivity contribution in [2.45, 2.75) is 6.42 Å². The van der Waals surface area contributed by atoms with Crippen LogP contribution in [0.3, 0.4) is 0 Å². The number of Topliss-reactive ketones (excluding diaryl/α,β-unsaturated/α-hetero) is 1. The smallest absolute Gasteiger partial charge is 0.167 e. The highest BCUT2D eigenvalue weighted by atomic mass is 79.9. The fraction of sp³-hybridized carbons (Fsp3) is 0.188. The number of ether oxygens (including phenoxy) is 2. The summed E-state index contributed by atoms with van der Waals surface area (Å²) in [5.74, 6) is 1.41. The predicted octanol–water partition coefficient (Wildman–Crippen LogP) is 3.65. The minimum Gasteiger partial charge on any atom is -0.486 e. The van der Waals surface area contributed by atoms with E-state index in [2.05, 4.69) is 15.9 Å². The van der Waals surface area contributed by atoms with E-state index in [0.29, 0.717) is 36.7 Å². The second kappa shape index (κ2) is 5.67. The highest BCUT2D eigenvalue weighted by Gasteiger charge is 2.15. The molecule has 0 amide bonds. The number of hydrogen-bond acceptors (Lipinski definition) is 3. The molecule has 0 N–H and O–H groups in total. The molecule has 1 heterocycles. The first kappa shape index (κ1) is 13.2. The van der Waals surface area contributed by atoms with E-state index in [-0.39, 0.29) is 5.78 Å². The van der Waals surface area contributed by atoms with E-state index in [1.165, 1.54) is 0 Å². The Morgan fingerprint density at radius 3 is 2.60 bits per heavy atom.